The van der Waals surface area contributed by atoms with Crippen molar-refractivity contribution >= 4 is 5.97 Å². The Morgan fingerprint density at radius 3 is 2.53 bits per heavy atom. The number of para-hydroxylation sites is 1. The van der Waals surface area contributed by atoms with E-state index < -0.39 is 11.6 Å². The summed E-state index contributed by atoms with van der Waals surface area (Å²) in [6.07, 6.45) is 0. The van der Waals surface area contributed by atoms with E-state index in [1.54, 1.807) is 6.07 Å². The van der Waals surface area contributed by atoms with E-state index in [-0.39, 0.29) is 12.5 Å². The molecule has 4 heteroatoms. The van der Waals surface area contributed by atoms with E-state index >= 15 is 0 Å². The van der Waals surface area contributed by atoms with E-state index in [4.69, 9.17) is 9.84 Å². The first-order chi connectivity index (χ1) is 7.84. The quantitative estimate of drug-likeness (QED) is 0.823. The molecule has 0 amide bonds. The first kappa shape index (κ1) is 13.5. The van der Waals surface area contributed by atoms with Crippen LogP contribution in [0.4, 0.5) is 0 Å². The molecule has 2 N–H and O–H groups in total. The van der Waals surface area contributed by atoms with Gasteiger partial charge in [0.05, 0.1) is 0 Å². The summed E-state index contributed by atoms with van der Waals surface area (Å²) in [6, 6.07) is 7.41. The van der Waals surface area contributed by atoms with E-state index in [0.717, 1.165) is 5.56 Å². The Bertz CT molecular complexity index is 396. The van der Waals surface area contributed by atoms with Crippen molar-refractivity contribution in [1.82, 2.24) is 0 Å². The largest absolute Gasteiger partial charge is 0.490 e. The van der Waals surface area contributed by atoms with Gasteiger partial charge in [-0.05, 0) is 24.5 Å². The normalized spacial score (nSPS) is 14.4. The van der Waals surface area contributed by atoms with Gasteiger partial charge in [0.25, 0.3) is 0 Å². The fourth-order valence-corrected chi connectivity index (χ4v) is 1.37. The summed E-state index contributed by atoms with van der Waals surface area (Å²) in [5, 5.41) is 18.3. The Morgan fingerprint density at radius 1 is 1.41 bits per heavy atom. The lowest BCUT2D eigenvalue weighted by Crippen LogP contribution is -2.41. The van der Waals surface area contributed by atoms with Crippen molar-refractivity contribution in [3.05, 3.63) is 29.8 Å². The monoisotopic (exact) mass is 238 g/mol. The van der Waals surface area contributed by atoms with E-state index in [0.29, 0.717) is 5.75 Å². The third-order valence-electron chi connectivity index (χ3n) is 2.51. The Kier molecular flexibility index (Phi) is 4.12. The van der Waals surface area contributed by atoms with Crippen LogP contribution in [0.1, 0.15) is 32.3 Å². The molecule has 0 aliphatic rings. The zero-order valence-corrected chi connectivity index (χ0v) is 10.3. The molecule has 0 bridgehead atoms. The van der Waals surface area contributed by atoms with E-state index in [1.165, 1.54) is 6.92 Å². The van der Waals surface area contributed by atoms with Gasteiger partial charge < -0.3 is 14.9 Å². The zero-order chi connectivity index (χ0) is 13.1. The highest BCUT2D eigenvalue weighted by molar-refractivity contribution is 5.76. The molecule has 1 atom stereocenters. The van der Waals surface area contributed by atoms with Gasteiger partial charge in [0.15, 0.2) is 5.60 Å². The summed E-state index contributed by atoms with van der Waals surface area (Å²) in [5.41, 5.74) is -0.877. The van der Waals surface area contributed by atoms with Gasteiger partial charge in [-0.1, -0.05) is 32.0 Å². The average molecular weight is 238 g/mol. The summed E-state index contributed by atoms with van der Waals surface area (Å²) in [5.74, 6) is -0.399. The molecule has 1 rings (SSSR count). The second-order valence-electron chi connectivity index (χ2n) is 4.56. The van der Waals surface area contributed by atoms with Gasteiger partial charge in [-0.25, -0.2) is 4.79 Å². The number of hydrogen-bond acceptors (Lipinski definition) is 3. The molecular weight excluding hydrogens is 220 g/mol. The molecule has 0 saturated heterocycles. The van der Waals surface area contributed by atoms with Crippen LogP contribution in [-0.2, 0) is 4.79 Å². The number of ether oxygens (including phenoxy) is 1. The highest BCUT2D eigenvalue weighted by Gasteiger charge is 2.31. The maximum atomic E-state index is 10.7. The SMILES string of the molecule is CC(C)c1ccccc1OCC(C)(O)C(=O)O. The molecule has 0 heterocycles. The number of carboxylic acid groups (broad SMARTS) is 1. The minimum atomic E-state index is -1.87. The van der Waals surface area contributed by atoms with Crippen LogP contribution in [0.2, 0.25) is 0 Å². The fourth-order valence-electron chi connectivity index (χ4n) is 1.37. The molecule has 4 nitrogen and oxygen atoms in total. The predicted molar refractivity (Wildman–Crippen MR) is 64.3 cm³/mol. The van der Waals surface area contributed by atoms with E-state index in [9.17, 15) is 9.90 Å². The number of benzene rings is 1. The third-order valence-corrected chi connectivity index (χ3v) is 2.51. The lowest BCUT2D eigenvalue weighted by Gasteiger charge is -2.20. The van der Waals surface area contributed by atoms with Crippen molar-refractivity contribution in [2.24, 2.45) is 0 Å². The van der Waals surface area contributed by atoms with Gasteiger partial charge in [-0.3, -0.25) is 0 Å². The standard InChI is InChI=1S/C13H18O4/c1-9(2)10-6-4-5-7-11(10)17-8-13(3,16)12(14)15/h4-7,9,16H,8H2,1-3H3,(H,14,15). The third kappa shape index (κ3) is 3.46. The van der Waals surface area contributed by atoms with Crippen molar-refractivity contribution in [2.75, 3.05) is 6.61 Å². The maximum Gasteiger partial charge on any atom is 0.339 e. The van der Waals surface area contributed by atoms with Gasteiger partial charge in [0.2, 0.25) is 0 Å². The number of carbonyl (C=O) groups is 1. The summed E-state index contributed by atoms with van der Waals surface area (Å²) in [7, 11) is 0. The molecular formula is C13H18O4. The Hall–Kier alpha value is -1.55. The molecule has 0 spiro atoms. The van der Waals surface area contributed by atoms with Gasteiger partial charge in [-0.15, -0.1) is 0 Å². The van der Waals surface area contributed by atoms with Crippen molar-refractivity contribution in [1.29, 1.82) is 0 Å². The van der Waals surface area contributed by atoms with Crippen LogP contribution in [0.3, 0.4) is 0 Å². The summed E-state index contributed by atoms with van der Waals surface area (Å²) >= 11 is 0. The Morgan fingerprint density at radius 2 is 2.00 bits per heavy atom. The molecule has 0 saturated carbocycles. The number of hydrogen-bond donors (Lipinski definition) is 2. The van der Waals surface area contributed by atoms with Crippen molar-refractivity contribution < 1.29 is 19.7 Å². The molecule has 94 valence electrons. The van der Waals surface area contributed by atoms with Crippen molar-refractivity contribution in [3.8, 4) is 5.75 Å². The van der Waals surface area contributed by atoms with E-state index in [1.807, 2.05) is 32.0 Å². The maximum absolute atomic E-state index is 10.7. The number of aliphatic hydroxyl groups is 1. The van der Waals surface area contributed by atoms with Gasteiger partial charge in [0.1, 0.15) is 12.4 Å². The fraction of sp³-hybridized carbons (Fsp3) is 0.462. The summed E-state index contributed by atoms with van der Waals surface area (Å²) in [6.45, 7) is 4.99. The second kappa shape index (κ2) is 5.19. The van der Waals surface area contributed by atoms with Crippen LogP contribution in [0.15, 0.2) is 24.3 Å². The minimum Gasteiger partial charge on any atom is -0.490 e. The topological polar surface area (TPSA) is 66.8 Å². The van der Waals surface area contributed by atoms with Gasteiger partial charge in [0, 0.05) is 0 Å². The number of aliphatic carboxylic acids is 1. The summed E-state index contributed by atoms with van der Waals surface area (Å²) in [4.78, 5) is 10.7. The highest BCUT2D eigenvalue weighted by atomic mass is 16.5. The van der Waals surface area contributed by atoms with Crippen LogP contribution in [0.25, 0.3) is 0 Å². The van der Waals surface area contributed by atoms with Gasteiger partial charge >= 0.3 is 5.97 Å². The molecule has 0 radical (unpaired) electrons. The molecule has 1 unspecified atom stereocenters. The smallest absolute Gasteiger partial charge is 0.339 e. The Labute approximate surface area is 101 Å². The van der Waals surface area contributed by atoms with Crippen LogP contribution < -0.4 is 4.74 Å². The minimum absolute atomic E-state index is 0.272. The van der Waals surface area contributed by atoms with Crippen molar-refractivity contribution in [2.45, 2.75) is 32.3 Å². The van der Waals surface area contributed by atoms with Crippen LogP contribution in [0, 0.1) is 0 Å². The van der Waals surface area contributed by atoms with Crippen LogP contribution in [0.5, 0.6) is 5.75 Å². The Balaban J connectivity index is 2.79. The second-order valence-corrected chi connectivity index (χ2v) is 4.56. The van der Waals surface area contributed by atoms with Crippen LogP contribution >= 0.6 is 0 Å². The summed E-state index contributed by atoms with van der Waals surface area (Å²) < 4.78 is 5.39. The lowest BCUT2D eigenvalue weighted by molar-refractivity contribution is -0.159. The van der Waals surface area contributed by atoms with Crippen molar-refractivity contribution in [3.63, 3.8) is 0 Å². The van der Waals surface area contributed by atoms with Gasteiger partial charge in [-0.2, -0.15) is 0 Å². The predicted octanol–water partition coefficient (Wildman–Crippen LogP) is 2.02. The first-order valence-corrected chi connectivity index (χ1v) is 5.52. The van der Waals surface area contributed by atoms with E-state index in [2.05, 4.69) is 0 Å². The number of rotatable bonds is 5. The van der Waals surface area contributed by atoms with Crippen LogP contribution in [-0.4, -0.2) is 28.4 Å². The lowest BCUT2D eigenvalue weighted by atomic mass is 10.0. The highest BCUT2D eigenvalue weighted by Crippen LogP contribution is 2.26. The molecule has 1 aromatic rings. The zero-order valence-electron chi connectivity index (χ0n) is 10.3. The average Bonchev–Trinajstić information content (AvgIpc) is 2.26. The molecule has 17 heavy (non-hydrogen) atoms. The molecule has 0 fully saturated rings. The molecule has 0 aromatic heterocycles. The first-order valence-electron chi connectivity index (χ1n) is 5.52. The molecule has 0 aliphatic heterocycles. The molecule has 0 aliphatic carbocycles. The molecule has 1 aromatic carbocycles. The number of carboxylic acids is 1.